The third kappa shape index (κ3) is 2.38. The number of nitrogens with zero attached hydrogens (tertiary/aromatic N) is 3. The molecule has 0 N–H and O–H groups in total. The molecule has 4 fully saturated rings. The first-order valence-corrected chi connectivity index (χ1v) is 8.73. The van der Waals surface area contributed by atoms with Crippen LogP contribution in [0.15, 0.2) is 6.20 Å². The summed E-state index contributed by atoms with van der Waals surface area (Å²) in [5.74, 6) is 3.77. The first kappa shape index (κ1) is 13.1. The van der Waals surface area contributed by atoms with Crippen molar-refractivity contribution in [2.75, 3.05) is 5.88 Å². The van der Waals surface area contributed by atoms with Gasteiger partial charge in [0.05, 0.1) is 5.69 Å². The van der Waals surface area contributed by atoms with E-state index in [0.717, 1.165) is 36.4 Å². The van der Waals surface area contributed by atoms with Gasteiger partial charge in [-0.1, -0.05) is 5.21 Å². The molecule has 5 rings (SSSR count). The van der Waals surface area contributed by atoms with E-state index < -0.39 is 0 Å². The van der Waals surface area contributed by atoms with Crippen LogP contribution in [0.4, 0.5) is 0 Å². The highest BCUT2D eigenvalue weighted by molar-refractivity contribution is 6.17. The van der Waals surface area contributed by atoms with Gasteiger partial charge in [0.2, 0.25) is 0 Å². The second-order valence-electron chi connectivity index (χ2n) is 7.58. The topological polar surface area (TPSA) is 30.7 Å². The van der Waals surface area contributed by atoms with E-state index in [2.05, 4.69) is 16.5 Å². The van der Waals surface area contributed by atoms with E-state index in [1.165, 1.54) is 44.9 Å². The Hall–Kier alpha value is -0.570. The van der Waals surface area contributed by atoms with Gasteiger partial charge in [-0.15, -0.1) is 16.7 Å². The number of alkyl halides is 1. The van der Waals surface area contributed by atoms with Crippen LogP contribution in [0.25, 0.3) is 0 Å². The lowest BCUT2D eigenvalue weighted by Gasteiger charge is -2.57. The third-order valence-corrected chi connectivity index (χ3v) is 6.16. The van der Waals surface area contributed by atoms with E-state index in [4.69, 9.17) is 11.6 Å². The van der Waals surface area contributed by atoms with Crippen molar-refractivity contribution in [3.8, 4) is 0 Å². The summed E-state index contributed by atoms with van der Waals surface area (Å²) in [6, 6.07) is 0. The van der Waals surface area contributed by atoms with Crippen LogP contribution in [0.3, 0.4) is 0 Å². The zero-order chi connectivity index (χ0) is 13.6. The van der Waals surface area contributed by atoms with Crippen molar-refractivity contribution in [3.05, 3.63) is 11.9 Å². The van der Waals surface area contributed by atoms with Crippen LogP contribution >= 0.6 is 11.6 Å². The Morgan fingerprint density at radius 3 is 2.40 bits per heavy atom. The average molecular weight is 294 g/mol. The maximum Gasteiger partial charge on any atom is 0.0839 e. The van der Waals surface area contributed by atoms with E-state index in [0.29, 0.717) is 11.3 Å². The highest BCUT2D eigenvalue weighted by atomic mass is 35.5. The summed E-state index contributed by atoms with van der Waals surface area (Å²) in [6.07, 6.45) is 13.3. The van der Waals surface area contributed by atoms with E-state index in [1.54, 1.807) is 0 Å². The van der Waals surface area contributed by atoms with Crippen LogP contribution in [-0.4, -0.2) is 20.9 Å². The molecule has 20 heavy (non-hydrogen) atoms. The molecule has 0 unspecified atom stereocenters. The molecule has 4 bridgehead atoms. The summed E-state index contributed by atoms with van der Waals surface area (Å²) >= 11 is 5.76. The standard InChI is InChI=1S/C16H24ClN3/c17-3-1-15-11-20(19-18-15)4-2-16-8-12-5-13(9-16)7-14(6-12)10-16/h11-14H,1-10H2. The van der Waals surface area contributed by atoms with Crippen molar-refractivity contribution in [3.63, 3.8) is 0 Å². The minimum atomic E-state index is 0.633. The number of aromatic nitrogens is 3. The normalized spacial score (nSPS) is 38.5. The predicted octanol–water partition coefficient (Wildman–Crippen LogP) is 3.67. The van der Waals surface area contributed by atoms with Crippen LogP contribution in [0.2, 0.25) is 0 Å². The molecule has 1 aromatic rings. The second-order valence-corrected chi connectivity index (χ2v) is 7.96. The fraction of sp³-hybridized carbons (Fsp3) is 0.875. The first-order chi connectivity index (χ1) is 9.75. The van der Waals surface area contributed by atoms with E-state index in [1.807, 2.05) is 4.68 Å². The molecule has 1 aromatic heterocycles. The number of hydrogen-bond acceptors (Lipinski definition) is 2. The van der Waals surface area contributed by atoms with Crippen molar-refractivity contribution >= 4 is 11.6 Å². The SMILES string of the molecule is ClCCc1cn(CCC23CC4CC(CC(C4)C2)C3)nn1. The monoisotopic (exact) mass is 293 g/mol. The van der Waals surface area contributed by atoms with Crippen molar-refractivity contribution in [1.29, 1.82) is 0 Å². The van der Waals surface area contributed by atoms with Gasteiger partial charge in [-0.3, -0.25) is 4.68 Å². The predicted molar refractivity (Wildman–Crippen MR) is 79.7 cm³/mol. The summed E-state index contributed by atoms with van der Waals surface area (Å²) in [5, 5.41) is 8.46. The minimum absolute atomic E-state index is 0.633. The molecular formula is C16H24ClN3. The van der Waals surface area contributed by atoms with E-state index in [-0.39, 0.29) is 0 Å². The average Bonchev–Trinajstić information content (AvgIpc) is 2.83. The lowest BCUT2D eigenvalue weighted by molar-refractivity contribution is -0.0596. The number of halogens is 1. The molecule has 3 nitrogen and oxygen atoms in total. The Morgan fingerprint density at radius 1 is 1.15 bits per heavy atom. The van der Waals surface area contributed by atoms with Crippen molar-refractivity contribution in [2.24, 2.45) is 23.2 Å². The molecule has 0 aliphatic heterocycles. The molecule has 4 aliphatic rings. The highest BCUT2D eigenvalue weighted by Gasteiger charge is 2.50. The van der Waals surface area contributed by atoms with Gasteiger partial charge in [0.1, 0.15) is 0 Å². The fourth-order valence-electron chi connectivity index (χ4n) is 5.61. The second kappa shape index (κ2) is 5.01. The molecule has 0 amide bonds. The van der Waals surface area contributed by atoms with Crippen LogP contribution in [0, 0.1) is 23.2 Å². The highest BCUT2D eigenvalue weighted by Crippen LogP contribution is 2.61. The molecule has 4 aliphatic carbocycles. The number of aryl methyl sites for hydroxylation is 2. The molecule has 110 valence electrons. The largest absolute Gasteiger partial charge is 0.252 e. The smallest absolute Gasteiger partial charge is 0.0839 e. The van der Waals surface area contributed by atoms with Gasteiger partial charge in [0.15, 0.2) is 0 Å². The molecule has 1 heterocycles. The molecule has 4 heteroatoms. The molecule has 0 spiro atoms. The number of hydrogen-bond donors (Lipinski definition) is 0. The van der Waals surface area contributed by atoms with Gasteiger partial charge in [-0.05, 0) is 68.1 Å². The zero-order valence-electron chi connectivity index (χ0n) is 12.1. The maximum absolute atomic E-state index is 5.76. The van der Waals surface area contributed by atoms with Crippen molar-refractivity contribution in [1.82, 2.24) is 15.0 Å². The number of rotatable bonds is 5. The Kier molecular flexibility index (Phi) is 3.29. The van der Waals surface area contributed by atoms with E-state index >= 15 is 0 Å². The summed E-state index contributed by atoms with van der Waals surface area (Å²) in [4.78, 5) is 0. The van der Waals surface area contributed by atoms with Crippen LogP contribution < -0.4 is 0 Å². The summed E-state index contributed by atoms with van der Waals surface area (Å²) in [5.41, 5.74) is 1.68. The molecule has 0 saturated heterocycles. The Morgan fingerprint density at radius 2 is 1.80 bits per heavy atom. The van der Waals surface area contributed by atoms with Gasteiger partial charge in [0.25, 0.3) is 0 Å². The van der Waals surface area contributed by atoms with Gasteiger partial charge < -0.3 is 0 Å². The van der Waals surface area contributed by atoms with Crippen LogP contribution in [0.1, 0.15) is 50.6 Å². The maximum atomic E-state index is 5.76. The summed E-state index contributed by atoms with van der Waals surface area (Å²) < 4.78 is 2.04. The summed E-state index contributed by atoms with van der Waals surface area (Å²) in [7, 11) is 0. The first-order valence-electron chi connectivity index (χ1n) is 8.20. The zero-order valence-corrected chi connectivity index (χ0v) is 12.9. The molecular weight excluding hydrogens is 270 g/mol. The van der Waals surface area contributed by atoms with Crippen molar-refractivity contribution < 1.29 is 0 Å². The lowest BCUT2D eigenvalue weighted by Crippen LogP contribution is -2.46. The Balaban J connectivity index is 1.41. The van der Waals surface area contributed by atoms with Crippen molar-refractivity contribution in [2.45, 2.75) is 57.9 Å². The quantitative estimate of drug-likeness (QED) is 0.776. The van der Waals surface area contributed by atoms with E-state index in [9.17, 15) is 0 Å². The van der Waals surface area contributed by atoms with Gasteiger partial charge >= 0.3 is 0 Å². The van der Waals surface area contributed by atoms with Gasteiger partial charge in [-0.25, -0.2) is 0 Å². The molecule has 0 radical (unpaired) electrons. The summed E-state index contributed by atoms with van der Waals surface area (Å²) in [6.45, 7) is 1.04. The van der Waals surface area contributed by atoms with Crippen LogP contribution in [0.5, 0.6) is 0 Å². The minimum Gasteiger partial charge on any atom is -0.252 e. The van der Waals surface area contributed by atoms with Gasteiger partial charge in [-0.2, -0.15) is 0 Å². The molecule has 4 saturated carbocycles. The Labute approximate surface area is 126 Å². The molecule has 0 atom stereocenters. The fourth-order valence-corrected chi connectivity index (χ4v) is 5.80. The van der Waals surface area contributed by atoms with Crippen LogP contribution in [-0.2, 0) is 13.0 Å². The molecule has 0 aromatic carbocycles. The Bertz CT molecular complexity index is 447. The lowest BCUT2D eigenvalue weighted by atomic mass is 9.49. The van der Waals surface area contributed by atoms with Gasteiger partial charge in [0, 0.05) is 25.0 Å². The third-order valence-electron chi connectivity index (χ3n) is 5.97.